The fraction of sp³-hybridized carbons (Fsp3) is 0.667. The van der Waals surface area contributed by atoms with Crippen molar-refractivity contribution >= 4 is 10.0 Å². The summed E-state index contributed by atoms with van der Waals surface area (Å²) in [5.41, 5.74) is 1.96. The number of ether oxygens (including phenoxy) is 1. The standard InChI is InChI=1S/C18H25FN2O3S/c1-12-3-4-14(19)7-13(12)9-21-10-16-15(8-20-25(2,22)23)17-5-6-18(16,11-21)24-17/h3-4,7,15-17,20H,5-6,8-11H2,1-2H3/t15-,16+,17+,18+/m0/s1. The molecule has 0 aromatic heterocycles. The van der Waals surface area contributed by atoms with Gasteiger partial charge in [0.15, 0.2) is 0 Å². The van der Waals surface area contributed by atoms with E-state index in [1.54, 1.807) is 6.07 Å². The first-order chi connectivity index (χ1) is 11.8. The quantitative estimate of drug-likeness (QED) is 0.859. The number of nitrogens with zero attached hydrogens (tertiary/aromatic N) is 1. The Morgan fingerprint density at radius 1 is 1.44 bits per heavy atom. The molecule has 1 spiro atoms. The lowest BCUT2D eigenvalue weighted by molar-refractivity contribution is 0.00218. The summed E-state index contributed by atoms with van der Waals surface area (Å²) in [6.07, 6.45) is 3.40. The molecular formula is C18H25FN2O3S. The van der Waals surface area contributed by atoms with Gasteiger partial charge in [0.1, 0.15) is 5.82 Å². The molecule has 4 rings (SSSR count). The molecule has 7 heteroatoms. The zero-order chi connectivity index (χ0) is 17.8. The Balaban J connectivity index is 1.48. The van der Waals surface area contributed by atoms with Crippen molar-refractivity contribution in [2.75, 3.05) is 25.9 Å². The van der Waals surface area contributed by atoms with Crippen LogP contribution in [-0.4, -0.2) is 50.9 Å². The lowest BCUT2D eigenvalue weighted by Gasteiger charge is -2.29. The van der Waals surface area contributed by atoms with E-state index in [0.717, 1.165) is 37.1 Å². The Morgan fingerprint density at radius 2 is 2.24 bits per heavy atom. The zero-order valence-electron chi connectivity index (χ0n) is 14.7. The molecule has 3 aliphatic rings. The molecule has 3 fully saturated rings. The number of likely N-dealkylation sites (tertiary alicyclic amines) is 1. The maximum atomic E-state index is 13.6. The second-order valence-electron chi connectivity index (χ2n) is 7.89. The van der Waals surface area contributed by atoms with Gasteiger partial charge in [-0.1, -0.05) is 6.07 Å². The first kappa shape index (κ1) is 17.4. The van der Waals surface area contributed by atoms with Crippen LogP contribution in [0.15, 0.2) is 18.2 Å². The van der Waals surface area contributed by atoms with Crippen molar-refractivity contribution in [3.63, 3.8) is 0 Å². The van der Waals surface area contributed by atoms with Crippen LogP contribution in [0.3, 0.4) is 0 Å². The largest absolute Gasteiger partial charge is 0.370 e. The van der Waals surface area contributed by atoms with Gasteiger partial charge in [-0.25, -0.2) is 17.5 Å². The van der Waals surface area contributed by atoms with Crippen molar-refractivity contribution < 1.29 is 17.5 Å². The van der Waals surface area contributed by atoms with Gasteiger partial charge in [-0.3, -0.25) is 4.90 Å². The highest BCUT2D eigenvalue weighted by atomic mass is 32.2. The lowest BCUT2D eigenvalue weighted by Crippen LogP contribution is -2.41. The van der Waals surface area contributed by atoms with E-state index < -0.39 is 10.0 Å². The Kier molecular flexibility index (Phi) is 4.18. The second-order valence-corrected chi connectivity index (χ2v) is 9.72. The summed E-state index contributed by atoms with van der Waals surface area (Å²) in [5, 5.41) is 0. The van der Waals surface area contributed by atoms with Crippen molar-refractivity contribution in [2.45, 2.75) is 38.0 Å². The average molecular weight is 368 g/mol. The Morgan fingerprint density at radius 3 is 3.00 bits per heavy atom. The van der Waals surface area contributed by atoms with E-state index in [1.807, 2.05) is 13.0 Å². The highest BCUT2D eigenvalue weighted by Gasteiger charge is 2.62. The summed E-state index contributed by atoms with van der Waals surface area (Å²) in [7, 11) is -3.19. The molecule has 1 aromatic rings. The third-order valence-electron chi connectivity index (χ3n) is 6.14. The summed E-state index contributed by atoms with van der Waals surface area (Å²) < 4.78 is 45.5. The average Bonchev–Trinajstić information content (AvgIpc) is 3.15. The normalized spacial score (nSPS) is 34.6. The number of hydrogen-bond acceptors (Lipinski definition) is 4. The van der Waals surface area contributed by atoms with E-state index in [9.17, 15) is 12.8 Å². The van der Waals surface area contributed by atoms with Gasteiger partial charge in [0, 0.05) is 38.0 Å². The van der Waals surface area contributed by atoms with Crippen molar-refractivity contribution in [2.24, 2.45) is 11.8 Å². The van der Waals surface area contributed by atoms with Crippen LogP contribution in [0.2, 0.25) is 0 Å². The SMILES string of the molecule is Cc1ccc(F)cc1CN1C[C@@H]2[C@H](CNS(C)(=O)=O)[C@H]3CC[C@]2(C1)O3. The molecule has 1 aromatic carbocycles. The minimum absolute atomic E-state index is 0.143. The first-order valence-electron chi connectivity index (χ1n) is 8.86. The monoisotopic (exact) mass is 368 g/mol. The molecule has 0 unspecified atom stereocenters. The summed E-state index contributed by atoms with van der Waals surface area (Å²) in [4.78, 5) is 2.33. The number of hydrogen-bond donors (Lipinski definition) is 1. The molecule has 138 valence electrons. The van der Waals surface area contributed by atoms with Gasteiger partial charge in [0.25, 0.3) is 0 Å². The van der Waals surface area contributed by atoms with Crippen LogP contribution in [0.5, 0.6) is 0 Å². The number of aryl methyl sites for hydroxylation is 1. The number of fused-ring (bicyclic) bond motifs is 1. The Bertz CT molecular complexity index is 785. The molecule has 3 saturated heterocycles. The summed E-state index contributed by atoms with van der Waals surface area (Å²) >= 11 is 0. The number of benzene rings is 1. The van der Waals surface area contributed by atoms with Crippen molar-refractivity contribution in [1.29, 1.82) is 0 Å². The smallest absolute Gasteiger partial charge is 0.208 e. The third kappa shape index (κ3) is 3.23. The topological polar surface area (TPSA) is 58.6 Å². The third-order valence-corrected chi connectivity index (χ3v) is 6.83. The number of rotatable bonds is 5. The number of sulfonamides is 1. The maximum Gasteiger partial charge on any atom is 0.208 e. The van der Waals surface area contributed by atoms with Crippen molar-refractivity contribution in [3.8, 4) is 0 Å². The molecule has 0 radical (unpaired) electrons. The van der Waals surface area contributed by atoms with Gasteiger partial charge in [-0.2, -0.15) is 0 Å². The predicted molar refractivity (Wildman–Crippen MR) is 93.1 cm³/mol. The van der Waals surface area contributed by atoms with E-state index in [-0.39, 0.29) is 23.4 Å². The summed E-state index contributed by atoms with van der Waals surface area (Å²) in [6.45, 7) is 4.89. The van der Waals surface area contributed by atoms with E-state index in [1.165, 1.54) is 12.3 Å². The molecule has 5 nitrogen and oxygen atoms in total. The molecule has 4 atom stereocenters. The van der Waals surface area contributed by atoms with Gasteiger partial charge >= 0.3 is 0 Å². The summed E-state index contributed by atoms with van der Waals surface area (Å²) in [6, 6.07) is 4.93. The van der Waals surface area contributed by atoms with Gasteiger partial charge in [-0.15, -0.1) is 0 Å². The van der Waals surface area contributed by atoms with E-state index >= 15 is 0 Å². The summed E-state index contributed by atoms with van der Waals surface area (Å²) in [5.74, 6) is 0.363. The maximum absolute atomic E-state index is 13.6. The van der Waals surface area contributed by atoms with Crippen LogP contribution in [0, 0.1) is 24.6 Å². The molecule has 3 aliphatic heterocycles. The highest BCUT2D eigenvalue weighted by molar-refractivity contribution is 7.88. The minimum Gasteiger partial charge on any atom is -0.370 e. The fourth-order valence-corrected chi connectivity index (χ4v) is 5.47. The van der Waals surface area contributed by atoms with Gasteiger partial charge in [0.05, 0.1) is 18.0 Å². The number of halogens is 1. The Hall–Kier alpha value is -1.02. The van der Waals surface area contributed by atoms with Crippen LogP contribution in [0.1, 0.15) is 24.0 Å². The number of nitrogens with one attached hydrogen (secondary N) is 1. The van der Waals surface area contributed by atoms with E-state index in [0.29, 0.717) is 19.0 Å². The molecule has 0 amide bonds. The highest BCUT2D eigenvalue weighted by Crippen LogP contribution is 2.54. The molecule has 3 heterocycles. The zero-order valence-corrected chi connectivity index (χ0v) is 15.5. The molecule has 25 heavy (non-hydrogen) atoms. The fourth-order valence-electron chi connectivity index (χ4n) is 4.98. The first-order valence-corrected chi connectivity index (χ1v) is 10.7. The van der Waals surface area contributed by atoms with Gasteiger partial charge in [0.2, 0.25) is 10.0 Å². The van der Waals surface area contributed by atoms with Crippen LogP contribution < -0.4 is 4.72 Å². The Labute approximate surface area is 148 Å². The van der Waals surface area contributed by atoms with Gasteiger partial charge < -0.3 is 4.74 Å². The van der Waals surface area contributed by atoms with Crippen LogP contribution in [-0.2, 0) is 21.3 Å². The van der Waals surface area contributed by atoms with Gasteiger partial charge in [-0.05, 0) is 43.0 Å². The minimum atomic E-state index is -3.19. The van der Waals surface area contributed by atoms with E-state index in [2.05, 4.69) is 9.62 Å². The molecule has 0 aliphatic carbocycles. The van der Waals surface area contributed by atoms with E-state index in [4.69, 9.17) is 4.74 Å². The van der Waals surface area contributed by atoms with Crippen LogP contribution >= 0.6 is 0 Å². The van der Waals surface area contributed by atoms with Crippen LogP contribution in [0.25, 0.3) is 0 Å². The molecule has 0 saturated carbocycles. The molecular weight excluding hydrogens is 343 g/mol. The van der Waals surface area contributed by atoms with Crippen molar-refractivity contribution in [3.05, 3.63) is 35.1 Å². The second kappa shape index (κ2) is 6.01. The van der Waals surface area contributed by atoms with Crippen LogP contribution in [0.4, 0.5) is 4.39 Å². The van der Waals surface area contributed by atoms with Crippen molar-refractivity contribution in [1.82, 2.24) is 9.62 Å². The predicted octanol–water partition coefficient (Wildman–Crippen LogP) is 1.66. The molecule has 1 N–H and O–H groups in total. The molecule has 2 bridgehead atoms. The lowest BCUT2D eigenvalue weighted by atomic mass is 9.74.